The molecule has 2 aromatic rings. The van der Waals surface area contributed by atoms with Gasteiger partial charge in [-0.1, -0.05) is 34.1 Å². The average molecular weight is 427 g/mol. The van der Waals surface area contributed by atoms with E-state index in [-0.39, 0.29) is 29.0 Å². The molecule has 0 aromatic heterocycles. The fourth-order valence-electron chi connectivity index (χ4n) is 2.84. The van der Waals surface area contributed by atoms with Gasteiger partial charge in [0.1, 0.15) is 0 Å². The predicted octanol–water partition coefficient (Wildman–Crippen LogP) is 4.46. The Kier molecular flexibility index (Phi) is 5.04. The second-order valence-corrected chi connectivity index (χ2v) is 6.83. The highest BCUT2D eigenvalue weighted by Crippen LogP contribution is 2.37. The summed E-state index contributed by atoms with van der Waals surface area (Å²) in [6.07, 6.45) is -4.65. The van der Waals surface area contributed by atoms with Gasteiger partial charge < -0.3 is 10.2 Å². The van der Waals surface area contributed by atoms with Gasteiger partial charge in [0.05, 0.1) is 17.2 Å². The monoisotopic (exact) mass is 426 g/mol. The molecule has 1 atom stereocenters. The minimum Gasteiger partial charge on any atom is -0.325 e. The number of carbonyl (C=O) groups excluding carboxylic acids is 2. The van der Waals surface area contributed by atoms with Gasteiger partial charge in [-0.05, 0) is 30.3 Å². The third kappa shape index (κ3) is 3.90. The molecule has 1 N–H and O–H groups in total. The van der Waals surface area contributed by atoms with Crippen molar-refractivity contribution in [2.45, 2.75) is 12.6 Å². The largest absolute Gasteiger partial charge is 0.418 e. The lowest BCUT2D eigenvalue weighted by Crippen LogP contribution is -2.28. The molecular weight excluding hydrogens is 413 g/mol. The lowest BCUT2D eigenvalue weighted by Gasteiger charge is -2.18. The molecule has 4 nitrogen and oxygen atoms in total. The van der Waals surface area contributed by atoms with E-state index in [1.807, 2.05) is 0 Å². The summed E-state index contributed by atoms with van der Waals surface area (Å²) < 4.78 is 39.8. The summed E-state index contributed by atoms with van der Waals surface area (Å²) in [5.74, 6) is -1.56. The van der Waals surface area contributed by atoms with Gasteiger partial charge in [0.2, 0.25) is 11.8 Å². The van der Waals surface area contributed by atoms with Gasteiger partial charge in [-0.2, -0.15) is 13.2 Å². The molecule has 0 bridgehead atoms. The first-order chi connectivity index (χ1) is 12.3. The van der Waals surface area contributed by atoms with Crippen LogP contribution in [0.4, 0.5) is 24.5 Å². The van der Waals surface area contributed by atoms with Crippen LogP contribution in [0.25, 0.3) is 0 Å². The molecule has 2 aromatic carbocycles. The van der Waals surface area contributed by atoms with Crippen molar-refractivity contribution < 1.29 is 22.8 Å². The van der Waals surface area contributed by atoms with E-state index >= 15 is 0 Å². The quantitative estimate of drug-likeness (QED) is 0.787. The van der Waals surface area contributed by atoms with Crippen LogP contribution in [0.3, 0.4) is 0 Å². The van der Waals surface area contributed by atoms with Crippen LogP contribution in [-0.4, -0.2) is 18.4 Å². The number of nitrogens with one attached hydrogen (secondary N) is 1. The van der Waals surface area contributed by atoms with Gasteiger partial charge in [0.15, 0.2) is 0 Å². The Labute approximate surface area is 156 Å². The highest BCUT2D eigenvalue weighted by Gasteiger charge is 2.37. The Hall–Kier alpha value is -2.35. The van der Waals surface area contributed by atoms with E-state index < -0.39 is 23.6 Å². The van der Waals surface area contributed by atoms with Crippen LogP contribution in [0.2, 0.25) is 0 Å². The molecule has 1 aliphatic rings. The normalized spacial score (nSPS) is 17.5. The Morgan fingerprint density at radius 2 is 1.85 bits per heavy atom. The number of amides is 2. The smallest absolute Gasteiger partial charge is 0.325 e. The van der Waals surface area contributed by atoms with E-state index in [1.165, 1.54) is 17.0 Å². The number of nitrogens with zero attached hydrogens (tertiary/aromatic N) is 1. The number of para-hydroxylation sites is 1. The average Bonchev–Trinajstić information content (AvgIpc) is 2.98. The molecule has 1 fully saturated rings. The highest BCUT2D eigenvalue weighted by atomic mass is 79.9. The van der Waals surface area contributed by atoms with E-state index in [0.29, 0.717) is 5.69 Å². The Morgan fingerprint density at radius 1 is 1.15 bits per heavy atom. The maximum absolute atomic E-state index is 13.2. The maximum Gasteiger partial charge on any atom is 0.418 e. The minimum atomic E-state index is -4.60. The number of alkyl halides is 3. The van der Waals surface area contributed by atoms with Crippen molar-refractivity contribution in [2.24, 2.45) is 5.92 Å². The van der Waals surface area contributed by atoms with Gasteiger partial charge in [-0.3, -0.25) is 9.59 Å². The fourth-order valence-corrected chi connectivity index (χ4v) is 3.20. The van der Waals surface area contributed by atoms with Gasteiger partial charge in [-0.25, -0.2) is 0 Å². The van der Waals surface area contributed by atoms with Crippen molar-refractivity contribution in [1.29, 1.82) is 0 Å². The molecule has 136 valence electrons. The first kappa shape index (κ1) is 18.4. The van der Waals surface area contributed by atoms with Crippen LogP contribution in [-0.2, 0) is 15.8 Å². The van der Waals surface area contributed by atoms with Crippen molar-refractivity contribution in [3.63, 3.8) is 0 Å². The van der Waals surface area contributed by atoms with Crippen LogP contribution in [0.1, 0.15) is 12.0 Å². The molecule has 1 unspecified atom stereocenters. The summed E-state index contributed by atoms with van der Waals surface area (Å²) in [7, 11) is 0. The molecule has 0 spiro atoms. The molecule has 2 amide bonds. The number of benzene rings is 2. The first-order valence-corrected chi connectivity index (χ1v) is 8.58. The van der Waals surface area contributed by atoms with Crippen LogP contribution in [0, 0.1) is 5.92 Å². The zero-order valence-electron chi connectivity index (χ0n) is 13.4. The van der Waals surface area contributed by atoms with E-state index in [1.54, 1.807) is 30.3 Å². The summed E-state index contributed by atoms with van der Waals surface area (Å²) in [6, 6.07) is 12.4. The van der Waals surface area contributed by atoms with E-state index in [9.17, 15) is 22.8 Å². The molecule has 1 aliphatic heterocycles. The topological polar surface area (TPSA) is 49.4 Å². The lowest BCUT2D eigenvalue weighted by atomic mass is 10.1. The van der Waals surface area contributed by atoms with Crippen molar-refractivity contribution in [3.05, 3.63) is 58.6 Å². The maximum atomic E-state index is 13.2. The molecule has 1 saturated heterocycles. The Bertz CT molecular complexity index is 840. The third-order valence-corrected chi connectivity index (χ3v) is 4.60. The molecule has 0 aliphatic carbocycles. The molecule has 0 saturated carbocycles. The SMILES string of the molecule is O=C(Nc1ccc(Br)cc1C(F)(F)F)C1CC(=O)N(c2ccccc2)C1. The van der Waals surface area contributed by atoms with Gasteiger partial charge in [0, 0.05) is 23.1 Å². The van der Waals surface area contributed by atoms with Crippen LogP contribution < -0.4 is 10.2 Å². The lowest BCUT2D eigenvalue weighted by molar-refractivity contribution is -0.137. The van der Waals surface area contributed by atoms with Crippen molar-refractivity contribution >= 4 is 39.1 Å². The molecule has 26 heavy (non-hydrogen) atoms. The summed E-state index contributed by atoms with van der Waals surface area (Å²) in [4.78, 5) is 26.1. The number of halogens is 4. The summed E-state index contributed by atoms with van der Waals surface area (Å²) >= 11 is 3.00. The second kappa shape index (κ2) is 7.11. The van der Waals surface area contributed by atoms with E-state index in [2.05, 4.69) is 21.2 Å². The second-order valence-electron chi connectivity index (χ2n) is 5.92. The van der Waals surface area contributed by atoms with E-state index in [0.717, 1.165) is 6.07 Å². The highest BCUT2D eigenvalue weighted by molar-refractivity contribution is 9.10. The van der Waals surface area contributed by atoms with Gasteiger partial charge in [0.25, 0.3) is 0 Å². The van der Waals surface area contributed by atoms with Gasteiger partial charge in [-0.15, -0.1) is 0 Å². The van der Waals surface area contributed by atoms with Crippen LogP contribution in [0.5, 0.6) is 0 Å². The van der Waals surface area contributed by atoms with Crippen LogP contribution in [0.15, 0.2) is 53.0 Å². The number of rotatable bonds is 3. The predicted molar refractivity (Wildman–Crippen MR) is 94.7 cm³/mol. The van der Waals surface area contributed by atoms with Crippen molar-refractivity contribution in [1.82, 2.24) is 0 Å². The molecule has 0 radical (unpaired) electrons. The fraction of sp³-hybridized carbons (Fsp3) is 0.222. The third-order valence-electron chi connectivity index (χ3n) is 4.11. The van der Waals surface area contributed by atoms with Crippen molar-refractivity contribution in [2.75, 3.05) is 16.8 Å². The Morgan fingerprint density at radius 3 is 2.50 bits per heavy atom. The first-order valence-electron chi connectivity index (χ1n) is 7.79. The number of hydrogen-bond donors (Lipinski definition) is 1. The van der Waals surface area contributed by atoms with Gasteiger partial charge >= 0.3 is 6.18 Å². The summed E-state index contributed by atoms with van der Waals surface area (Å²) in [5, 5.41) is 2.32. The summed E-state index contributed by atoms with van der Waals surface area (Å²) in [6.45, 7) is 0.132. The number of carbonyl (C=O) groups is 2. The standard InChI is InChI=1S/C18H14BrF3N2O2/c19-12-6-7-15(14(9-12)18(20,21)22)23-17(26)11-8-16(25)24(10-11)13-4-2-1-3-5-13/h1-7,9,11H,8,10H2,(H,23,26). The van der Waals surface area contributed by atoms with Crippen LogP contribution >= 0.6 is 15.9 Å². The summed E-state index contributed by atoms with van der Waals surface area (Å²) in [5.41, 5.74) is -0.604. The number of anilines is 2. The zero-order chi connectivity index (χ0) is 18.9. The number of hydrogen-bond acceptors (Lipinski definition) is 2. The minimum absolute atomic E-state index is 0.0430. The molecule has 1 heterocycles. The van der Waals surface area contributed by atoms with E-state index in [4.69, 9.17) is 0 Å². The van der Waals surface area contributed by atoms with Crippen molar-refractivity contribution in [3.8, 4) is 0 Å². The molecule has 3 rings (SSSR count). The molecule has 8 heteroatoms. The zero-order valence-corrected chi connectivity index (χ0v) is 15.0. The molecular formula is C18H14BrF3N2O2. The Balaban J connectivity index is 1.77.